The maximum absolute atomic E-state index is 13.1. The van der Waals surface area contributed by atoms with Crippen LogP contribution in [-0.4, -0.2) is 11.5 Å². The van der Waals surface area contributed by atoms with Gasteiger partial charge in [0, 0.05) is 12.1 Å². The highest BCUT2D eigenvalue weighted by atomic mass is 19.1. The van der Waals surface area contributed by atoms with E-state index in [1.807, 2.05) is 26.0 Å². The van der Waals surface area contributed by atoms with Crippen LogP contribution in [0.5, 0.6) is 5.75 Å². The fraction of sp³-hybridized carbons (Fsp3) is 0.312. The standard InChI is InChI=1S/C16H19FN2O/c1-11-9-14(17)5-4-13(11)10-20-16-6-3-12(2)19-15(16)7-8-18/h3-6,9H,7-8,10,18H2,1-2H3. The van der Waals surface area contributed by atoms with E-state index < -0.39 is 0 Å². The summed E-state index contributed by atoms with van der Waals surface area (Å²) in [5, 5.41) is 0. The maximum Gasteiger partial charge on any atom is 0.141 e. The van der Waals surface area contributed by atoms with Crippen molar-refractivity contribution >= 4 is 0 Å². The molecule has 0 atom stereocenters. The first kappa shape index (κ1) is 14.5. The van der Waals surface area contributed by atoms with Crippen molar-refractivity contribution in [3.05, 3.63) is 58.7 Å². The van der Waals surface area contributed by atoms with Gasteiger partial charge in [0.25, 0.3) is 0 Å². The number of nitrogens with two attached hydrogens (primary N) is 1. The van der Waals surface area contributed by atoms with Crippen LogP contribution in [0.2, 0.25) is 0 Å². The third-order valence-corrected chi connectivity index (χ3v) is 3.14. The van der Waals surface area contributed by atoms with Crippen molar-refractivity contribution in [2.75, 3.05) is 6.54 Å². The third-order valence-electron chi connectivity index (χ3n) is 3.14. The Hall–Kier alpha value is -1.94. The van der Waals surface area contributed by atoms with E-state index in [-0.39, 0.29) is 5.82 Å². The molecule has 2 rings (SSSR count). The van der Waals surface area contributed by atoms with Crippen LogP contribution in [0.4, 0.5) is 4.39 Å². The second-order valence-corrected chi connectivity index (χ2v) is 4.80. The summed E-state index contributed by atoms with van der Waals surface area (Å²) in [4.78, 5) is 4.45. The quantitative estimate of drug-likeness (QED) is 0.912. The molecule has 2 aromatic rings. The van der Waals surface area contributed by atoms with Gasteiger partial charge < -0.3 is 10.5 Å². The van der Waals surface area contributed by atoms with E-state index in [0.717, 1.165) is 28.3 Å². The topological polar surface area (TPSA) is 48.1 Å². The van der Waals surface area contributed by atoms with E-state index in [0.29, 0.717) is 19.6 Å². The molecule has 1 aromatic carbocycles. The zero-order valence-corrected chi connectivity index (χ0v) is 11.8. The molecule has 106 valence electrons. The lowest BCUT2D eigenvalue weighted by Gasteiger charge is -2.12. The number of rotatable bonds is 5. The normalized spacial score (nSPS) is 10.6. The Balaban J connectivity index is 2.14. The van der Waals surface area contributed by atoms with Crippen LogP contribution >= 0.6 is 0 Å². The molecule has 20 heavy (non-hydrogen) atoms. The second kappa shape index (κ2) is 6.48. The van der Waals surface area contributed by atoms with Gasteiger partial charge in [0.1, 0.15) is 18.2 Å². The molecular formula is C16H19FN2O. The van der Waals surface area contributed by atoms with Gasteiger partial charge in [0.05, 0.1) is 5.69 Å². The minimum Gasteiger partial charge on any atom is -0.487 e. The SMILES string of the molecule is Cc1ccc(OCc2ccc(F)cc2C)c(CCN)n1. The summed E-state index contributed by atoms with van der Waals surface area (Å²) < 4.78 is 18.9. The van der Waals surface area contributed by atoms with Gasteiger partial charge in [-0.3, -0.25) is 4.98 Å². The van der Waals surface area contributed by atoms with Crippen LogP contribution in [0.15, 0.2) is 30.3 Å². The number of pyridine rings is 1. The van der Waals surface area contributed by atoms with Crippen LogP contribution in [0.3, 0.4) is 0 Å². The summed E-state index contributed by atoms with van der Waals surface area (Å²) in [6.07, 6.45) is 0.680. The van der Waals surface area contributed by atoms with Crippen LogP contribution in [-0.2, 0) is 13.0 Å². The summed E-state index contributed by atoms with van der Waals surface area (Å²) in [7, 11) is 0. The predicted octanol–water partition coefficient (Wildman–Crippen LogP) is 2.92. The lowest BCUT2D eigenvalue weighted by molar-refractivity contribution is 0.300. The van der Waals surface area contributed by atoms with Gasteiger partial charge in [-0.1, -0.05) is 6.07 Å². The molecule has 0 aliphatic heterocycles. The Morgan fingerprint density at radius 1 is 1.20 bits per heavy atom. The highest BCUT2D eigenvalue weighted by Crippen LogP contribution is 2.20. The molecule has 4 heteroatoms. The third kappa shape index (κ3) is 3.54. The first-order valence-electron chi connectivity index (χ1n) is 6.64. The summed E-state index contributed by atoms with van der Waals surface area (Å²) in [5.74, 6) is 0.511. The van der Waals surface area contributed by atoms with Gasteiger partial charge in [0.2, 0.25) is 0 Å². The molecule has 0 fully saturated rings. The number of nitrogens with zero attached hydrogens (tertiary/aromatic N) is 1. The molecule has 0 unspecified atom stereocenters. The molecule has 0 radical (unpaired) electrons. The molecule has 0 aliphatic carbocycles. The molecule has 1 aromatic heterocycles. The van der Waals surface area contributed by atoms with Crippen LogP contribution in [0, 0.1) is 19.7 Å². The van der Waals surface area contributed by atoms with Gasteiger partial charge in [-0.15, -0.1) is 0 Å². The molecule has 0 aliphatic rings. The Morgan fingerprint density at radius 2 is 2.00 bits per heavy atom. The molecule has 0 spiro atoms. The summed E-state index contributed by atoms with van der Waals surface area (Å²) >= 11 is 0. The number of benzene rings is 1. The van der Waals surface area contributed by atoms with Gasteiger partial charge in [0.15, 0.2) is 0 Å². The smallest absolute Gasteiger partial charge is 0.141 e. The van der Waals surface area contributed by atoms with Crippen molar-refractivity contribution in [3.63, 3.8) is 0 Å². The molecule has 2 N–H and O–H groups in total. The van der Waals surface area contributed by atoms with Crippen LogP contribution < -0.4 is 10.5 Å². The van der Waals surface area contributed by atoms with E-state index in [4.69, 9.17) is 10.5 Å². The maximum atomic E-state index is 13.1. The van der Waals surface area contributed by atoms with E-state index in [1.165, 1.54) is 12.1 Å². The first-order chi connectivity index (χ1) is 9.60. The highest BCUT2D eigenvalue weighted by molar-refractivity contribution is 5.31. The number of hydrogen-bond donors (Lipinski definition) is 1. The molecule has 3 nitrogen and oxygen atoms in total. The van der Waals surface area contributed by atoms with E-state index in [2.05, 4.69) is 4.98 Å². The molecule has 0 saturated carbocycles. The molecule has 0 bridgehead atoms. The lowest BCUT2D eigenvalue weighted by Crippen LogP contribution is -2.08. The fourth-order valence-electron chi connectivity index (χ4n) is 2.02. The molecule has 0 saturated heterocycles. The number of halogens is 1. The van der Waals surface area contributed by atoms with Crippen molar-refractivity contribution < 1.29 is 9.13 Å². The molecule has 0 amide bonds. The van der Waals surface area contributed by atoms with Crippen molar-refractivity contribution in [2.45, 2.75) is 26.9 Å². The van der Waals surface area contributed by atoms with E-state index in [1.54, 1.807) is 6.07 Å². The van der Waals surface area contributed by atoms with E-state index >= 15 is 0 Å². The predicted molar refractivity (Wildman–Crippen MR) is 77.2 cm³/mol. The summed E-state index contributed by atoms with van der Waals surface area (Å²) in [6.45, 7) is 4.74. The average molecular weight is 274 g/mol. The van der Waals surface area contributed by atoms with Crippen molar-refractivity contribution in [3.8, 4) is 5.75 Å². The van der Waals surface area contributed by atoms with E-state index in [9.17, 15) is 4.39 Å². The van der Waals surface area contributed by atoms with Gasteiger partial charge in [-0.25, -0.2) is 4.39 Å². The van der Waals surface area contributed by atoms with Crippen LogP contribution in [0.1, 0.15) is 22.5 Å². The summed E-state index contributed by atoms with van der Waals surface area (Å²) in [6, 6.07) is 8.51. The van der Waals surface area contributed by atoms with Crippen molar-refractivity contribution in [1.82, 2.24) is 4.98 Å². The number of hydrogen-bond acceptors (Lipinski definition) is 3. The highest BCUT2D eigenvalue weighted by Gasteiger charge is 2.07. The number of aryl methyl sites for hydroxylation is 2. The second-order valence-electron chi connectivity index (χ2n) is 4.80. The number of ether oxygens (including phenoxy) is 1. The largest absolute Gasteiger partial charge is 0.487 e. The van der Waals surface area contributed by atoms with Crippen LogP contribution in [0.25, 0.3) is 0 Å². The van der Waals surface area contributed by atoms with Crippen molar-refractivity contribution in [2.24, 2.45) is 5.73 Å². The Bertz CT molecular complexity index is 599. The average Bonchev–Trinajstić information content (AvgIpc) is 2.40. The van der Waals surface area contributed by atoms with Gasteiger partial charge >= 0.3 is 0 Å². The Morgan fingerprint density at radius 3 is 2.70 bits per heavy atom. The van der Waals surface area contributed by atoms with Crippen molar-refractivity contribution in [1.29, 1.82) is 0 Å². The zero-order valence-electron chi connectivity index (χ0n) is 11.8. The summed E-state index contributed by atoms with van der Waals surface area (Å²) in [5.41, 5.74) is 9.25. The molecule has 1 heterocycles. The minimum absolute atomic E-state index is 0.230. The fourth-order valence-corrected chi connectivity index (χ4v) is 2.02. The van der Waals surface area contributed by atoms with Gasteiger partial charge in [-0.2, -0.15) is 0 Å². The van der Waals surface area contributed by atoms with Gasteiger partial charge in [-0.05, 0) is 55.8 Å². The monoisotopic (exact) mass is 274 g/mol. The molecular weight excluding hydrogens is 255 g/mol. The minimum atomic E-state index is -0.230. The lowest BCUT2D eigenvalue weighted by atomic mass is 10.1. The number of aromatic nitrogens is 1. The Kier molecular flexibility index (Phi) is 4.69. The Labute approximate surface area is 118 Å². The zero-order chi connectivity index (χ0) is 14.5. The first-order valence-corrected chi connectivity index (χ1v) is 6.64.